The fourth-order valence-electron chi connectivity index (χ4n) is 4.05. The van der Waals surface area contributed by atoms with Gasteiger partial charge in [0.15, 0.2) is 0 Å². The van der Waals surface area contributed by atoms with Crippen molar-refractivity contribution in [2.24, 2.45) is 5.41 Å². The Morgan fingerprint density at radius 2 is 1.68 bits per heavy atom. The summed E-state index contributed by atoms with van der Waals surface area (Å²) in [6, 6.07) is 6.32. The molecule has 0 aromatic heterocycles. The largest absolute Gasteiger partial charge is 0.514 e. The Kier molecular flexibility index (Phi) is 12.0. The SMILES string of the molecule is CO/C(=C/C(=O)N1C(=O)C=C[C@H]1Cc1ccc(OC(=O)OC(C)(C)C)cc1)CCNC(=O)CCCCC(C)(C)C. The molecule has 1 aliphatic heterocycles. The molecule has 0 spiro atoms. The van der Waals surface area contributed by atoms with Crippen LogP contribution in [0.4, 0.5) is 4.79 Å². The third-order valence-electron chi connectivity index (χ3n) is 6.05. The molecule has 40 heavy (non-hydrogen) atoms. The third-order valence-corrected chi connectivity index (χ3v) is 6.05. The van der Waals surface area contributed by atoms with Gasteiger partial charge in [0.25, 0.3) is 11.8 Å². The lowest BCUT2D eigenvalue weighted by molar-refractivity contribution is -0.139. The zero-order chi connectivity index (χ0) is 29.9. The van der Waals surface area contributed by atoms with Gasteiger partial charge in [0, 0.05) is 31.5 Å². The summed E-state index contributed by atoms with van der Waals surface area (Å²) in [7, 11) is 1.45. The molecule has 9 heteroatoms. The van der Waals surface area contributed by atoms with E-state index in [9.17, 15) is 19.2 Å². The summed E-state index contributed by atoms with van der Waals surface area (Å²) in [6.45, 7) is 12.1. The second-order valence-corrected chi connectivity index (χ2v) is 12.1. The molecule has 1 aliphatic rings. The molecule has 9 nitrogen and oxygen atoms in total. The highest BCUT2D eigenvalue weighted by molar-refractivity contribution is 6.07. The first-order valence-corrected chi connectivity index (χ1v) is 13.7. The predicted octanol–water partition coefficient (Wildman–Crippen LogP) is 5.48. The van der Waals surface area contributed by atoms with Crippen LogP contribution in [0.25, 0.3) is 0 Å². The smallest absolute Gasteiger partial charge is 0.501 e. The van der Waals surface area contributed by atoms with Gasteiger partial charge in [0.1, 0.15) is 17.1 Å². The van der Waals surface area contributed by atoms with E-state index in [0.29, 0.717) is 37.3 Å². The third kappa shape index (κ3) is 12.1. The fraction of sp³-hybridized carbons (Fsp3) is 0.548. The Bertz CT molecular complexity index is 1090. The lowest BCUT2D eigenvalue weighted by atomic mass is 9.89. The van der Waals surface area contributed by atoms with Crippen LogP contribution >= 0.6 is 0 Å². The Labute approximate surface area is 237 Å². The first-order valence-electron chi connectivity index (χ1n) is 13.7. The van der Waals surface area contributed by atoms with Crippen molar-refractivity contribution in [3.8, 4) is 5.75 Å². The molecule has 0 saturated heterocycles. The first kappa shape index (κ1) is 32.6. The lowest BCUT2D eigenvalue weighted by Gasteiger charge is -2.22. The second-order valence-electron chi connectivity index (χ2n) is 12.1. The summed E-state index contributed by atoms with van der Waals surface area (Å²) in [5, 5.41) is 2.86. The number of amides is 3. The number of methoxy groups -OCH3 is 1. The van der Waals surface area contributed by atoms with Crippen LogP contribution in [0.1, 0.15) is 79.2 Å². The molecule has 1 aromatic carbocycles. The van der Waals surface area contributed by atoms with E-state index in [1.165, 1.54) is 24.2 Å². The molecule has 220 valence electrons. The number of benzene rings is 1. The van der Waals surface area contributed by atoms with Crippen LogP contribution in [0, 0.1) is 5.41 Å². The van der Waals surface area contributed by atoms with E-state index in [0.717, 1.165) is 24.8 Å². The topological polar surface area (TPSA) is 111 Å². The van der Waals surface area contributed by atoms with Crippen molar-refractivity contribution in [2.45, 2.75) is 91.7 Å². The van der Waals surface area contributed by atoms with E-state index in [4.69, 9.17) is 14.2 Å². The Morgan fingerprint density at radius 3 is 2.27 bits per heavy atom. The minimum Gasteiger partial charge on any atom is -0.501 e. The number of hydrogen-bond donors (Lipinski definition) is 1. The molecule has 1 aromatic rings. The molecule has 3 amide bonds. The molecule has 1 N–H and O–H groups in total. The number of carbonyl (C=O) groups is 4. The number of carbonyl (C=O) groups excluding carboxylic acids is 4. The fourth-order valence-corrected chi connectivity index (χ4v) is 4.05. The first-order chi connectivity index (χ1) is 18.7. The van der Waals surface area contributed by atoms with Crippen LogP contribution in [0.5, 0.6) is 5.75 Å². The number of hydrogen-bond acceptors (Lipinski definition) is 7. The standard InChI is InChI=1S/C31H44N2O7/c1-30(2,3)18-9-8-10-26(34)32-19-17-25(38-7)21-28(36)33-23(13-16-27(33)35)20-22-11-14-24(15-12-22)39-29(37)40-31(4,5)6/h11-16,21,23H,8-10,17-20H2,1-7H3,(H,32,34)/b25-21+/t23-/m0/s1. The number of ether oxygens (including phenoxy) is 3. The Hall–Kier alpha value is -3.62. The summed E-state index contributed by atoms with van der Waals surface area (Å²) in [5.41, 5.74) is 0.445. The number of rotatable bonds is 12. The molecule has 0 radical (unpaired) electrons. The van der Waals surface area contributed by atoms with E-state index in [1.807, 2.05) is 0 Å². The quantitative estimate of drug-likeness (QED) is 0.119. The van der Waals surface area contributed by atoms with Gasteiger partial charge >= 0.3 is 6.16 Å². The molecule has 0 bridgehead atoms. The monoisotopic (exact) mass is 556 g/mol. The summed E-state index contributed by atoms with van der Waals surface area (Å²) in [4.78, 5) is 50.7. The molecule has 0 fully saturated rings. The average Bonchev–Trinajstić information content (AvgIpc) is 3.20. The van der Waals surface area contributed by atoms with Gasteiger partial charge in [-0.2, -0.15) is 0 Å². The molecular formula is C31H44N2O7. The van der Waals surface area contributed by atoms with Gasteiger partial charge in [0.05, 0.1) is 13.2 Å². The zero-order valence-corrected chi connectivity index (χ0v) is 24.9. The maximum atomic E-state index is 13.0. The van der Waals surface area contributed by atoms with Crippen molar-refractivity contribution in [1.82, 2.24) is 10.2 Å². The number of imide groups is 1. The highest BCUT2D eigenvalue weighted by Crippen LogP contribution is 2.22. The van der Waals surface area contributed by atoms with Crippen LogP contribution in [-0.4, -0.2) is 54.1 Å². The molecule has 1 heterocycles. The van der Waals surface area contributed by atoms with Gasteiger partial charge in [-0.05, 0) is 63.1 Å². The van der Waals surface area contributed by atoms with Gasteiger partial charge in [-0.25, -0.2) is 4.79 Å². The highest BCUT2D eigenvalue weighted by Gasteiger charge is 2.31. The molecule has 0 aliphatic carbocycles. The van der Waals surface area contributed by atoms with Gasteiger partial charge in [-0.3, -0.25) is 19.3 Å². The summed E-state index contributed by atoms with van der Waals surface area (Å²) in [6.07, 6.45) is 7.65. The van der Waals surface area contributed by atoms with Crippen molar-refractivity contribution in [2.75, 3.05) is 13.7 Å². The molecular weight excluding hydrogens is 512 g/mol. The summed E-state index contributed by atoms with van der Waals surface area (Å²) >= 11 is 0. The Morgan fingerprint density at radius 1 is 1.00 bits per heavy atom. The normalized spacial score (nSPS) is 15.7. The lowest BCUT2D eigenvalue weighted by Crippen LogP contribution is -2.39. The highest BCUT2D eigenvalue weighted by atomic mass is 16.7. The number of nitrogens with one attached hydrogen (secondary N) is 1. The van der Waals surface area contributed by atoms with Crippen LogP contribution in [0.3, 0.4) is 0 Å². The molecule has 0 unspecified atom stereocenters. The van der Waals surface area contributed by atoms with E-state index < -0.39 is 29.6 Å². The average molecular weight is 557 g/mol. The van der Waals surface area contributed by atoms with Gasteiger partial charge in [-0.15, -0.1) is 0 Å². The van der Waals surface area contributed by atoms with Gasteiger partial charge in [-0.1, -0.05) is 45.4 Å². The van der Waals surface area contributed by atoms with Crippen molar-refractivity contribution >= 4 is 23.9 Å². The van der Waals surface area contributed by atoms with Crippen molar-refractivity contribution < 1.29 is 33.4 Å². The van der Waals surface area contributed by atoms with E-state index in [2.05, 4.69) is 26.1 Å². The minimum absolute atomic E-state index is 0.0304. The van der Waals surface area contributed by atoms with E-state index in [-0.39, 0.29) is 11.3 Å². The van der Waals surface area contributed by atoms with Crippen molar-refractivity contribution in [3.63, 3.8) is 0 Å². The van der Waals surface area contributed by atoms with Crippen LogP contribution in [0.2, 0.25) is 0 Å². The number of unbranched alkanes of at least 4 members (excludes halogenated alkanes) is 1. The summed E-state index contributed by atoms with van der Waals surface area (Å²) in [5.74, 6) is -0.226. The predicted molar refractivity (Wildman–Crippen MR) is 152 cm³/mol. The van der Waals surface area contributed by atoms with E-state index >= 15 is 0 Å². The minimum atomic E-state index is -0.794. The van der Waals surface area contributed by atoms with Crippen LogP contribution in [0.15, 0.2) is 48.3 Å². The second kappa shape index (κ2) is 14.7. The van der Waals surface area contributed by atoms with Crippen molar-refractivity contribution in [3.05, 3.63) is 53.8 Å². The summed E-state index contributed by atoms with van der Waals surface area (Å²) < 4.78 is 15.7. The van der Waals surface area contributed by atoms with Gasteiger partial charge in [0.2, 0.25) is 5.91 Å². The van der Waals surface area contributed by atoms with Crippen LogP contribution < -0.4 is 10.1 Å². The maximum Gasteiger partial charge on any atom is 0.514 e. The molecule has 1 atom stereocenters. The van der Waals surface area contributed by atoms with Crippen LogP contribution in [-0.2, 0) is 30.3 Å². The number of nitrogens with zero attached hydrogens (tertiary/aromatic N) is 1. The van der Waals surface area contributed by atoms with Crippen molar-refractivity contribution in [1.29, 1.82) is 0 Å². The molecule has 0 saturated carbocycles. The van der Waals surface area contributed by atoms with Gasteiger partial charge < -0.3 is 19.5 Å². The maximum absolute atomic E-state index is 13.0. The molecule has 2 rings (SSSR count). The Balaban J connectivity index is 1.89. The zero-order valence-electron chi connectivity index (χ0n) is 24.9. The van der Waals surface area contributed by atoms with E-state index in [1.54, 1.807) is 51.1 Å².